The Bertz CT molecular complexity index is 631. The number of nitrogens with zero attached hydrogens (tertiary/aromatic N) is 3. The van der Waals surface area contributed by atoms with E-state index in [0.29, 0.717) is 23.9 Å². The van der Waals surface area contributed by atoms with E-state index < -0.39 is 0 Å². The molecular formula is C15H19FN4O. The first-order valence-corrected chi connectivity index (χ1v) is 6.92. The van der Waals surface area contributed by atoms with Crippen molar-refractivity contribution in [2.45, 2.75) is 33.8 Å². The van der Waals surface area contributed by atoms with Gasteiger partial charge in [0.2, 0.25) is 5.95 Å². The molecule has 0 aliphatic rings. The highest BCUT2D eigenvalue weighted by atomic mass is 19.1. The van der Waals surface area contributed by atoms with Crippen molar-refractivity contribution in [1.82, 2.24) is 15.0 Å². The van der Waals surface area contributed by atoms with Gasteiger partial charge in [-0.15, -0.1) is 0 Å². The second-order valence-electron chi connectivity index (χ2n) is 4.93. The second-order valence-corrected chi connectivity index (χ2v) is 4.93. The number of hydrogen-bond acceptors (Lipinski definition) is 5. The summed E-state index contributed by atoms with van der Waals surface area (Å²) < 4.78 is 18.9. The first-order valence-electron chi connectivity index (χ1n) is 6.92. The number of halogens is 1. The average Bonchev–Trinajstić information content (AvgIpc) is 2.41. The lowest BCUT2D eigenvalue weighted by atomic mass is 10.1. The van der Waals surface area contributed by atoms with Gasteiger partial charge >= 0.3 is 6.01 Å². The summed E-state index contributed by atoms with van der Waals surface area (Å²) in [5.74, 6) is 0.651. The van der Waals surface area contributed by atoms with Crippen LogP contribution >= 0.6 is 0 Å². The molecular weight excluding hydrogens is 271 g/mol. The first-order chi connectivity index (χ1) is 9.99. The highest BCUT2D eigenvalue weighted by Crippen LogP contribution is 2.21. The van der Waals surface area contributed by atoms with Gasteiger partial charge < -0.3 is 10.1 Å². The summed E-state index contributed by atoms with van der Waals surface area (Å²) in [4.78, 5) is 12.8. The van der Waals surface area contributed by atoms with Crippen molar-refractivity contribution in [3.63, 3.8) is 0 Å². The summed E-state index contributed by atoms with van der Waals surface area (Å²) in [6.07, 6.45) is -0.0373. The predicted molar refractivity (Wildman–Crippen MR) is 79.9 cm³/mol. The number of nitrogens with one attached hydrogen (secondary N) is 1. The Morgan fingerprint density at radius 2 is 2.00 bits per heavy atom. The molecule has 0 saturated carbocycles. The molecule has 0 aliphatic heterocycles. The van der Waals surface area contributed by atoms with E-state index in [1.165, 1.54) is 6.07 Å². The van der Waals surface area contributed by atoms with Crippen molar-refractivity contribution < 1.29 is 9.13 Å². The molecule has 0 amide bonds. The third-order valence-corrected chi connectivity index (χ3v) is 2.71. The van der Waals surface area contributed by atoms with Crippen molar-refractivity contribution in [3.8, 4) is 17.4 Å². The van der Waals surface area contributed by atoms with E-state index in [2.05, 4.69) is 20.3 Å². The van der Waals surface area contributed by atoms with E-state index in [0.717, 1.165) is 5.56 Å². The highest BCUT2D eigenvalue weighted by Gasteiger charge is 2.11. The Morgan fingerprint density at radius 1 is 1.24 bits per heavy atom. The van der Waals surface area contributed by atoms with Crippen LogP contribution in [0.3, 0.4) is 0 Å². The molecule has 6 heteroatoms. The zero-order chi connectivity index (χ0) is 15.4. The zero-order valence-corrected chi connectivity index (χ0v) is 12.6. The summed E-state index contributed by atoms with van der Waals surface area (Å²) in [6.45, 7) is 8.15. The van der Waals surface area contributed by atoms with Crippen LogP contribution in [-0.4, -0.2) is 27.6 Å². The topological polar surface area (TPSA) is 59.9 Å². The maximum absolute atomic E-state index is 13.4. The van der Waals surface area contributed by atoms with Crippen LogP contribution in [0.2, 0.25) is 0 Å². The van der Waals surface area contributed by atoms with E-state index in [1.54, 1.807) is 19.1 Å². The molecule has 1 aromatic heterocycles. The molecule has 0 atom stereocenters. The van der Waals surface area contributed by atoms with E-state index in [1.807, 2.05) is 20.8 Å². The van der Waals surface area contributed by atoms with Crippen LogP contribution in [0.15, 0.2) is 18.2 Å². The molecule has 0 spiro atoms. The van der Waals surface area contributed by atoms with Gasteiger partial charge in [-0.2, -0.15) is 15.0 Å². The third kappa shape index (κ3) is 3.87. The molecule has 1 heterocycles. The number of ether oxygens (including phenoxy) is 1. The molecule has 112 valence electrons. The Morgan fingerprint density at radius 3 is 2.62 bits per heavy atom. The standard InChI is InChI=1S/C15H19FN4O/c1-5-17-14-18-13(19-15(20-14)21-9(2)3)11-6-7-12(16)10(4)8-11/h6-9H,5H2,1-4H3,(H,17,18,19,20). The van der Waals surface area contributed by atoms with Gasteiger partial charge in [-0.05, 0) is 51.5 Å². The van der Waals surface area contributed by atoms with Gasteiger partial charge in [-0.3, -0.25) is 0 Å². The van der Waals surface area contributed by atoms with Crippen molar-refractivity contribution in [3.05, 3.63) is 29.6 Å². The Hall–Kier alpha value is -2.24. The average molecular weight is 290 g/mol. The van der Waals surface area contributed by atoms with Crippen LogP contribution in [-0.2, 0) is 0 Å². The van der Waals surface area contributed by atoms with Gasteiger partial charge in [0.25, 0.3) is 0 Å². The minimum atomic E-state index is -0.252. The maximum Gasteiger partial charge on any atom is 0.322 e. The summed E-state index contributed by atoms with van der Waals surface area (Å²) in [7, 11) is 0. The zero-order valence-electron chi connectivity index (χ0n) is 12.6. The summed E-state index contributed by atoms with van der Waals surface area (Å²) in [5, 5.41) is 3.04. The Balaban J connectivity index is 2.45. The Kier molecular flexibility index (Phi) is 4.67. The first kappa shape index (κ1) is 15.2. The molecule has 5 nitrogen and oxygen atoms in total. The molecule has 0 bridgehead atoms. The lowest BCUT2D eigenvalue weighted by molar-refractivity contribution is 0.222. The number of benzene rings is 1. The molecule has 0 fully saturated rings. The van der Waals surface area contributed by atoms with Crippen LogP contribution in [0.4, 0.5) is 10.3 Å². The highest BCUT2D eigenvalue weighted by molar-refractivity contribution is 5.57. The van der Waals surface area contributed by atoms with E-state index >= 15 is 0 Å². The molecule has 0 radical (unpaired) electrons. The third-order valence-electron chi connectivity index (χ3n) is 2.71. The molecule has 21 heavy (non-hydrogen) atoms. The quantitative estimate of drug-likeness (QED) is 0.916. The van der Waals surface area contributed by atoms with E-state index in [-0.39, 0.29) is 17.9 Å². The smallest absolute Gasteiger partial charge is 0.322 e. The fourth-order valence-electron chi connectivity index (χ4n) is 1.77. The molecule has 0 saturated heterocycles. The minimum absolute atomic E-state index is 0.0373. The fourth-order valence-corrected chi connectivity index (χ4v) is 1.77. The van der Waals surface area contributed by atoms with Gasteiger partial charge in [0.1, 0.15) is 5.82 Å². The van der Waals surface area contributed by atoms with Crippen LogP contribution in [0, 0.1) is 12.7 Å². The number of aryl methyl sites for hydroxylation is 1. The Labute approximate surface area is 123 Å². The predicted octanol–water partition coefficient (Wildman–Crippen LogP) is 3.21. The summed E-state index contributed by atoms with van der Waals surface area (Å²) in [5.41, 5.74) is 1.27. The number of hydrogen-bond donors (Lipinski definition) is 1. The lowest BCUT2D eigenvalue weighted by Gasteiger charge is -2.11. The molecule has 1 N–H and O–H groups in total. The molecule has 1 aromatic carbocycles. The molecule has 2 rings (SSSR count). The molecule has 0 unspecified atom stereocenters. The van der Waals surface area contributed by atoms with E-state index in [4.69, 9.17) is 4.74 Å². The molecule has 0 aliphatic carbocycles. The van der Waals surface area contributed by atoms with Crippen molar-refractivity contribution in [1.29, 1.82) is 0 Å². The normalized spacial score (nSPS) is 10.8. The van der Waals surface area contributed by atoms with Gasteiger partial charge in [0, 0.05) is 12.1 Å². The summed E-state index contributed by atoms with van der Waals surface area (Å²) >= 11 is 0. The van der Waals surface area contributed by atoms with Crippen LogP contribution < -0.4 is 10.1 Å². The SMILES string of the molecule is CCNc1nc(OC(C)C)nc(-c2ccc(F)c(C)c2)n1. The maximum atomic E-state index is 13.4. The van der Waals surface area contributed by atoms with Crippen LogP contribution in [0.5, 0.6) is 6.01 Å². The number of anilines is 1. The van der Waals surface area contributed by atoms with Crippen LogP contribution in [0.1, 0.15) is 26.3 Å². The van der Waals surface area contributed by atoms with E-state index in [9.17, 15) is 4.39 Å². The van der Waals surface area contributed by atoms with Crippen molar-refractivity contribution in [2.24, 2.45) is 0 Å². The van der Waals surface area contributed by atoms with Gasteiger partial charge in [0.05, 0.1) is 6.10 Å². The largest absolute Gasteiger partial charge is 0.461 e. The van der Waals surface area contributed by atoms with Gasteiger partial charge in [-0.25, -0.2) is 4.39 Å². The van der Waals surface area contributed by atoms with Crippen LogP contribution in [0.25, 0.3) is 11.4 Å². The van der Waals surface area contributed by atoms with Crippen molar-refractivity contribution >= 4 is 5.95 Å². The summed E-state index contributed by atoms with van der Waals surface area (Å²) in [6, 6.07) is 5.02. The molecule has 2 aromatic rings. The van der Waals surface area contributed by atoms with Gasteiger partial charge in [-0.1, -0.05) is 0 Å². The number of aromatic nitrogens is 3. The second kappa shape index (κ2) is 6.47. The van der Waals surface area contributed by atoms with Gasteiger partial charge in [0.15, 0.2) is 5.82 Å². The monoisotopic (exact) mass is 290 g/mol. The number of rotatable bonds is 5. The lowest BCUT2D eigenvalue weighted by Crippen LogP contribution is -2.12. The minimum Gasteiger partial charge on any atom is -0.461 e. The fraction of sp³-hybridized carbons (Fsp3) is 0.400. The van der Waals surface area contributed by atoms with Crippen molar-refractivity contribution in [2.75, 3.05) is 11.9 Å².